The summed E-state index contributed by atoms with van der Waals surface area (Å²) >= 11 is 3.39. The predicted octanol–water partition coefficient (Wildman–Crippen LogP) is 1.51. The van der Waals surface area contributed by atoms with Crippen LogP contribution in [0.1, 0.15) is 12.5 Å². The van der Waals surface area contributed by atoms with Crippen molar-refractivity contribution < 1.29 is 9.90 Å². The van der Waals surface area contributed by atoms with Crippen molar-refractivity contribution in [3.8, 4) is 0 Å². The zero-order chi connectivity index (χ0) is 12.8. The van der Waals surface area contributed by atoms with E-state index in [2.05, 4.69) is 21.2 Å². The van der Waals surface area contributed by atoms with Gasteiger partial charge in [0.2, 0.25) is 5.91 Å². The predicted molar refractivity (Wildman–Crippen MR) is 72.0 cm³/mol. The number of nitrogens with one attached hydrogen (secondary N) is 1. The van der Waals surface area contributed by atoms with Gasteiger partial charge in [0.05, 0.1) is 13.2 Å². The van der Waals surface area contributed by atoms with Crippen molar-refractivity contribution in [1.29, 1.82) is 0 Å². The Bertz CT molecular complexity index is 396. The summed E-state index contributed by atoms with van der Waals surface area (Å²) in [7, 11) is 1.86. The maximum absolute atomic E-state index is 11.4. The van der Waals surface area contributed by atoms with E-state index in [-0.39, 0.29) is 12.5 Å². The van der Waals surface area contributed by atoms with Crippen LogP contribution in [0.4, 0.5) is 5.69 Å². The number of aliphatic hydroxyl groups is 1. The van der Waals surface area contributed by atoms with Crippen molar-refractivity contribution in [1.82, 2.24) is 5.32 Å². The van der Waals surface area contributed by atoms with Crippen LogP contribution in [0.5, 0.6) is 0 Å². The van der Waals surface area contributed by atoms with Crippen LogP contribution in [0.25, 0.3) is 0 Å². The summed E-state index contributed by atoms with van der Waals surface area (Å²) in [6.07, 6.45) is 0. The Kier molecular flexibility index (Phi) is 5.44. The van der Waals surface area contributed by atoms with E-state index in [0.717, 1.165) is 15.7 Å². The first-order valence-electron chi connectivity index (χ1n) is 5.45. The van der Waals surface area contributed by atoms with E-state index in [9.17, 15) is 4.79 Å². The van der Waals surface area contributed by atoms with Gasteiger partial charge < -0.3 is 15.3 Å². The molecule has 0 aliphatic rings. The van der Waals surface area contributed by atoms with E-state index in [1.807, 2.05) is 37.1 Å². The SMILES string of the molecule is CCNC(=O)CN(C)c1ccc(CO)c(Br)c1. The molecule has 0 aromatic heterocycles. The Morgan fingerprint density at radius 1 is 1.53 bits per heavy atom. The lowest BCUT2D eigenvalue weighted by Gasteiger charge is -2.19. The number of nitrogens with zero attached hydrogens (tertiary/aromatic N) is 1. The van der Waals surface area contributed by atoms with Crippen molar-refractivity contribution in [2.45, 2.75) is 13.5 Å². The number of carbonyl (C=O) groups excluding carboxylic acids is 1. The molecule has 0 aliphatic carbocycles. The quantitative estimate of drug-likeness (QED) is 0.867. The van der Waals surface area contributed by atoms with E-state index in [4.69, 9.17) is 5.11 Å². The van der Waals surface area contributed by atoms with E-state index < -0.39 is 0 Å². The molecular weight excluding hydrogens is 284 g/mol. The topological polar surface area (TPSA) is 52.6 Å². The van der Waals surface area contributed by atoms with Crippen LogP contribution in [0.3, 0.4) is 0 Å². The van der Waals surface area contributed by atoms with Crippen LogP contribution in [0.2, 0.25) is 0 Å². The Morgan fingerprint density at radius 3 is 2.76 bits per heavy atom. The fraction of sp³-hybridized carbons (Fsp3) is 0.417. The number of anilines is 1. The third-order valence-corrected chi connectivity index (χ3v) is 3.14. The second-order valence-electron chi connectivity index (χ2n) is 3.74. The zero-order valence-electron chi connectivity index (χ0n) is 10.0. The fourth-order valence-corrected chi connectivity index (χ4v) is 1.95. The molecule has 0 spiro atoms. The van der Waals surface area contributed by atoms with Crippen molar-refractivity contribution >= 4 is 27.5 Å². The van der Waals surface area contributed by atoms with E-state index in [0.29, 0.717) is 13.1 Å². The van der Waals surface area contributed by atoms with Gasteiger partial charge in [-0.1, -0.05) is 22.0 Å². The molecule has 0 aliphatic heterocycles. The highest BCUT2D eigenvalue weighted by atomic mass is 79.9. The number of likely N-dealkylation sites (N-methyl/N-ethyl adjacent to an activating group) is 2. The number of carbonyl (C=O) groups is 1. The first kappa shape index (κ1) is 14.0. The summed E-state index contributed by atoms with van der Waals surface area (Å²) in [6.45, 7) is 2.85. The van der Waals surface area contributed by atoms with Crippen molar-refractivity contribution in [2.24, 2.45) is 0 Å². The molecule has 5 heteroatoms. The number of aliphatic hydroxyl groups excluding tert-OH is 1. The van der Waals surface area contributed by atoms with E-state index in [1.165, 1.54) is 0 Å². The summed E-state index contributed by atoms with van der Waals surface area (Å²) < 4.78 is 0.847. The lowest BCUT2D eigenvalue weighted by Crippen LogP contribution is -2.34. The third-order valence-electron chi connectivity index (χ3n) is 2.40. The highest BCUT2D eigenvalue weighted by molar-refractivity contribution is 9.10. The van der Waals surface area contributed by atoms with Gasteiger partial charge >= 0.3 is 0 Å². The third kappa shape index (κ3) is 4.02. The summed E-state index contributed by atoms with van der Waals surface area (Å²) in [5.41, 5.74) is 1.76. The van der Waals surface area contributed by atoms with Gasteiger partial charge in [-0.3, -0.25) is 4.79 Å². The molecule has 0 saturated carbocycles. The van der Waals surface area contributed by atoms with Crippen LogP contribution in [0.15, 0.2) is 22.7 Å². The van der Waals surface area contributed by atoms with Gasteiger partial charge in [0.15, 0.2) is 0 Å². The molecule has 2 N–H and O–H groups in total. The molecule has 0 saturated heterocycles. The average molecular weight is 301 g/mol. The van der Waals surface area contributed by atoms with Gasteiger partial charge in [0.1, 0.15) is 0 Å². The number of benzene rings is 1. The van der Waals surface area contributed by atoms with Gasteiger partial charge in [-0.15, -0.1) is 0 Å². The molecule has 0 heterocycles. The van der Waals surface area contributed by atoms with Crippen LogP contribution >= 0.6 is 15.9 Å². The largest absolute Gasteiger partial charge is 0.392 e. The number of hydrogen-bond donors (Lipinski definition) is 2. The van der Waals surface area contributed by atoms with Crippen LogP contribution in [-0.4, -0.2) is 31.2 Å². The summed E-state index contributed by atoms with van der Waals surface area (Å²) in [5.74, 6) is -0.00245. The van der Waals surface area contributed by atoms with Gasteiger partial charge in [-0.25, -0.2) is 0 Å². The summed E-state index contributed by atoms with van der Waals surface area (Å²) in [5, 5.41) is 11.8. The molecule has 0 radical (unpaired) electrons. The van der Waals surface area contributed by atoms with Crippen molar-refractivity contribution in [3.05, 3.63) is 28.2 Å². The monoisotopic (exact) mass is 300 g/mol. The standard InChI is InChI=1S/C12H17BrN2O2/c1-3-14-12(17)7-15(2)10-5-4-9(8-16)11(13)6-10/h4-6,16H,3,7-8H2,1-2H3,(H,14,17). The first-order chi connectivity index (χ1) is 8.08. The zero-order valence-corrected chi connectivity index (χ0v) is 11.6. The molecule has 4 nitrogen and oxygen atoms in total. The number of hydrogen-bond acceptors (Lipinski definition) is 3. The van der Waals surface area contributed by atoms with Gasteiger partial charge in [-0.2, -0.15) is 0 Å². The molecule has 0 atom stereocenters. The van der Waals surface area contributed by atoms with Crippen molar-refractivity contribution in [3.63, 3.8) is 0 Å². The second kappa shape index (κ2) is 6.61. The molecule has 94 valence electrons. The van der Waals surface area contributed by atoms with Gasteiger partial charge in [-0.05, 0) is 24.6 Å². The van der Waals surface area contributed by atoms with Crippen LogP contribution in [-0.2, 0) is 11.4 Å². The average Bonchev–Trinajstić information content (AvgIpc) is 2.29. The Balaban J connectivity index is 2.72. The Labute approximate surface area is 110 Å². The van der Waals surface area contributed by atoms with Gasteiger partial charge in [0.25, 0.3) is 0 Å². The molecule has 1 amide bonds. The maximum atomic E-state index is 11.4. The van der Waals surface area contributed by atoms with E-state index in [1.54, 1.807) is 0 Å². The van der Waals surface area contributed by atoms with Crippen LogP contribution < -0.4 is 10.2 Å². The normalized spacial score (nSPS) is 10.1. The minimum Gasteiger partial charge on any atom is -0.392 e. The molecule has 0 unspecified atom stereocenters. The molecular formula is C12H17BrN2O2. The Hall–Kier alpha value is -1.07. The number of rotatable bonds is 5. The first-order valence-corrected chi connectivity index (χ1v) is 6.25. The molecule has 1 aromatic rings. The van der Waals surface area contributed by atoms with Crippen molar-refractivity contribution in [2.75, 3.05) is 25.0 Å². The molecule has 1 rings (SSSR count). The minimum absolute atomic E-state index is 0.000891. The highest BCUT2D eigenvalue weighted by Crippen LogP contribution is 2.23. The molecule has 17 heavy (non-hydrogen) atoms. The maximum Gasteiger partial charge on any atom is 0.239 e. The number of amides is 1. The molecule has 1 aromatic carbocycles. The molecule has 0 bridgehead atoms. The van der Waals surface area contributed by atoms with Crippen LogP contribution in [0, 0.1) is 0 Å². The fourth-order valence-electron chi connectivity index (χ4n) is 1.46. The Morgan fingerprint density at radius 2 is 2.24 bits per heavy atom. The van der Waals surface area contributed by atoms with Gasteiger partial charge in [0, 0.05) is 23.8 Å². The number of halogens is 1. The summed E-state index contributed by atoms with van der Waals surface area (Å²) in [6, 6.07) is 5.62. The minimum atomic E-state index is -0.00245. The second-order valence-corrected chi connectivity index (χ2v) is 4.60. The van der Waals surface area contributed by atoms with E-state index >= 15 is 0 Å². The summed E-state index contributed by atoms with van der Waals surface area (Å²) in [4.78, 5) is 13.3. The lowest BCUT2D eigenvalue weighted by atomic mass is 10.2. The smallest absolute Gasteiger partial charge is 0.239 e. The lowest BCUT2D eigenvalue weighted by molar-refractivity contribution is -0.119. The highest BCUT2D eigenvalue weighted by Gasteiger charge is 2.08. The molecule has 0 fully saturated rings.